The number of carbonyl (C=O) groups excluding carboxylic acids is 2. The lowest BCUT2D eigenvalue weighted by atomic mass is 10.1. The SMILES string of the molecule is O=C1COCCN1c1cnc(N2CCCC(N(S)S(O)=S)C2=O)nc1. The number of amides is 2. The number of hydrogen-bond donors (Lipinski definition) is 2. The molecule has 2 aliphatic heterocycles. The van der Waals surface area contributed by atoms with Gasteiger partial charge in [0, 0.05) is 13.1 Å². The minimum atomic E-state index is -1.52. The number of carbonyl (C=O) groups is 2. The topological polar surface area (TPSA) is 99.1 Å². The van der Waals surface area contributed by atoms with Crippen LogP contribution < -0.4 is 9.80 Å². The van der Waals surface area contributed by atoms with Crippen LogP contribution in [-0.4, -0.2) is 62.4 Å². The van der Waals surface area contributed by atoms with Gasteiger partial charge in [0.05, 0.1) is 34.6 Å². The van der Waals surface area contributed by atoms with Crippen molar-refractivity contribution in [3.05, 3.63) is 12.4 Å². The normalized spacial score (nSPS) is 23.2. The van der Waals surface area contributed by atoms with Crippen molar-refractivity contribution in [3.63, 3.8) is 0 Å². The van der Waals surface area contributed by atoms with Crippen molar-refractivity contribution in [2.75, 3.05) is 36.1 Å². The van der Waals surface area contributed by atoms with Crippen LogP contribution >= 0.6 is 12.8 Å². The summed E-state index contributed by atoms with van der Waals surface area (Å²) in [5, 5.41) is 0. The second-order valence-corrected chi connectivity index (χ2v) is 7.97. The molecule has 2 aliphatic rings. The first-order valence-electron chi connectivity index (χ1n) is 7.59. The van der Waals surface area contributed by atoms with E-state index in [-0.39, 0.29) is 24.4 Å². The zero-order valence-electron chi connectivity index (χ0n) is 13.1. The van der Waals surface area contributed by atoms with Crippen LogP contribution in [0.4, 0.5) is 11.6 Å². The molecule has 0 aliphatic carbocycles. The van der Waals surface area contributed by atoms with Gasteiger partial charge in [-0.2, -0.15) is 3.71 Å². The van der Waals surface area contributed by atoms with E-state index in [9.17, 15) is 14.1 Å². The zero-order valence-corrected chi connectivity index (χ0v) is 15.7. The molecule has 1 N–H and O–H groups in total. The highest BCUT2D eigenvalue weighted by Gasteiger charge is 2.35. The number of piperidine rings is 1. The molecule has 1 aromatic rings. The van der Waals surface area contributed by atoms with Crippen LogP contribution in [0, 0.1) is 0 Å². The van der Waals surface area contributed by atoms with Crippen LogP contribution in [-0.2, 0) is 35.4 Å². The molecule has 3 rings (SSSR count). The second kappa shape index (κ2) is 8.01. The molecule has 2 saturated heterocycles. The minimum Gasteiger partial charge on any atom is -0.370 e. The standard InChI is InChI=1S/C13H17N5O4S3/c19-11-8-22-5-4-16(11)9-6-14-13(15-7-9)17-3-1-2-10(12(17)20)18(23)25(21)24/h6-7,10,23H,1-5,8H2,(H,21,24). The Morgan fingerprint density at radius 3 is 2.68 bits per heavy atom. The van der Waals surface area contributed by atoms with Crippen LogP contribution in [0.1, 0.15) is 12.8 Å². The molecule has 136 valence electrons. The average molecular weight is 404 g/mol. The van der Waals surface area contributed by atoms with E-state index in [1.54, 1.807) is 4.90 Å². The first kappa shape index (κ1) is 18.6. The third-order valence-corrected chi connectivity index (χ3v) is 6.13. The number of morpholine rings is 1. The molecule has 0 spiro atoms. The molecule has 0 aromatic carbocycles. The Labute approximate surface area is 157 Å². The number of thiol groups is 1. The number of rotatable bonds is 4. The lowest BCUT2D eigenvalue weighted by molar-refractivity contribution is -0.125. The van der Waals surface area contributed by atoms with Gasteiger partial charge in [0.15, 0.2) is 0 Å². The van der Waals surface area contributed by atoms with Gasteiger partial charge < -0.3 is 14.2 Å². The predicted octanol–water partition coefficient (Wildman–Crippen LogP) is -0.0498. The number of aromatic nitrogens is 2. The number of nitrogens with zero attached hydrogens (tertiary/aromatic N) is 5. The quantitative estimate of drug-likeness (QED) is 0.676. The van der Waals surface area contributed by atoms with Gasteiger partial charge in [-0.05, 0) is 24.0 Å². The van der Waals surface area contributed by atoms with Crippen molar-refractivity contribution >= 4 is 57.4 Å². The van der Waals surface area contributed by atoms with E-state index in [0.29, 0.717) is 38.2 Å². The molecule has 9 nitrogen and oxygen atoms in total. The summed E-state index contributed by atoms with van der Waals surface area (Å²) in [6.45, 7) is 1.42. The molecular weight excluding hydrogens is 386 g/mol. The Morgan fingerprint density at radius 2 is 2.04 bits per heavy atom. The predicted molar refractivity (Wildman–Crippen MR) is 98.8 cm³/mol. The molecule has 12 heteroatoms. The molecule has 2 amide bonds. The van der Waals surface area contributed by atoms with Crippen molar-refractivity contribution in [3.8, 4) is 0 Å². The van der Waals surface area contributed by atoms with Crippen LogP contribution in [0.2, 0.25) is 0 Å². The maximum Gasteiger partial charge on any atom is 0.253 e. The van der Waals surface area contributed by atoms with E-state index in [0.717, 1.165) is 0 Å². The van der Waals surface area contributed by atoms with E-state index in [1.807, 2.05) is 0 Å². The van der Waals surface area contributed by atoms with Gasteiger partial charge in [-0.1, -0.05) is 12.8 Å². The summed E-state index contributed by atoms with van der Waals surface area (Å²) in [4.78, 5) is 35.9. The largest absolute Gasteiger partial charge is 0.370 e. The van der Waals surface area contributed by atoms with Crippen LogP contribution in [0.25, 0.3) is 0 Å². The van der Waals surface area contributed by atoms with E-state index in [1.165, 1.54) is 21.0 Å². The molecule has 2 fully saturated rings. The van der Waals surface area contributed by atoms with Gasteiger partial charge >= 0.3 is 0 Å². The maximum atomic E-state index is 12.6. The summed E-state index contributed by atoms with van der Waals surface area (Å²) in [7, 11) is -1.52. The van der Waals surface area contributed by atoms with Crippen molar-refractivity contribution in [1.82, 2.24) is 13.7 Å². The van der Waals surface area contributed by atoms with E-state index in [2.05, 4.69) is 22.8 Å². The highest BCUT2D eigenvalue weighted by Crippen LogP contribution is 2.24. The monoisotopic (exact) mass is 403 g/mol. The van der Waals surface area contributed by atoms with E-state index < -0.39 is 16.0 Å². The number of hydrogen-bond acceptors (Lipinski definition) is 7. The molecule has 1 aromatic heterocycles. The van der Waals surface area contributed by atoms with Crippen molar-refractivity contribution in [2.45, 2.75) is 18.9 Å². The smallest absolute Gasteiger partial charge is 0.253 e. The fourth-order valence-corrected chi connectivity index (χ4v) is 3.69. The summed E-state index contributed by atoms with van der Waals surface area (Å²) < 4.78 is 15.8. The third-order valence-electron chi connectivity index (χ3n) is 4.00. The maximum absolute atomic E-state index is 12.6. The molecule has 25 heavy (non-hydrogen) atoms. The summed E-state index contributed by atoms with van der Waals surface area (Å²) in [5.41, 5.74) is 0.566. The van der Waals surface area contributed by atoms with Gasteiger partial charge in [-0.3, -0.25) is 14.5 Å². The number of anilines is 2. The Morgan fingerprint density at radius 1 is 1.32 bits per heavy atom. The highest BCUT2D eigenvalue weighted by molar-refractivity contribution is 8.27. The third kappa shape index (κ3) is 3.99. The molecule has 0 bridgehead atoms. The molecule has 2 atom stereocenters. The van der Waals surface area contributed by atoms with Gasteiger partial charge in [-0.15, -0.1) is 0 Å². The van der Waals surface area contributed by atoms with Gasteiger partial charge in [0.1, 0.15) is 12.6 Å². The van der Waals surface area contributed by atoms with Gasteiger partial charge in [0.2, 0.25) is 11.9 Å². The Bertz CT molecular complexity index is 689. The fraction of sp³-hybridized carbons (Fsp3) is 0.538. The summed E-state index contributed by atoms with van der Waals surface area (Å²) in [6.07, 6.45) is 4.31. The Kier molecular flexibility index (Phi) is 5.96. The van der Waals surface area contributed by atoms with Gasteiger partial charge in [0.25, 0.3) is 5.91 Å². The molecule has 3 heterocycles. The van der Waals surface area contributed by atoms with Gasteiger partial charge in [-0.25, -0.2) is 9.97 Å². The average Bonchev–Trinajstić information content (AvgIpc) is 2.62. The first-order chi connectivity index (χ1) is 12.0. The fourth-order valence-electron chi connectivity index (χ4n) is 2.75. The summed E-state index contributed by atoms with van der Waals surface area (Å²) in [6, 6.07) is -0.619. The molecule has 2 unspecified atom stereocenters. The van der Waals surface area contributed by atoms with Crippen molar-refractivity contribution in [2.24, 2.45) is 0 Å². The first-order valence-corrected chi connectivity index (χ1v) is 10.1. The lowest BCUT2D eigenvalue weighted by Crippen LogP contribution is -2.50. The minimum absolute atomic E-state index is 0.0377. The van der Waals surface area contributed by atoms with E-state index >= 15 is 0 Å². The lowest BCUT2D eigenvalue weighted by Gasteiger charge is -2.34. The van der Waals surface area contributed by atoms with E-state index in [4.69, 9.17) is 15.9 Å². The Hall–Kier alpha value is -1.18. The second-order valence-electron chi connectivity index (χ2n) is 5.52. The van der Waals surface area contributed by atoms with Crippen LogP contribution in [0.3, 0.4) is 0 Å². The molecule has 0 saturated carbocycles. The zero-order chi connectivity index (χ0) is 18.0. The Balaban J connectivity index is 1.76. The molecular formula is C13H17N5O4S3. The molecule has 0 radical (unpaired) electrons. The van der Waals surface area contributed by atoms with Crippen LogP contribution in [0.5, 0.6) is 0 Å². The van der Waals surface area contributed by atoms with Crippen molar-refractivity contribution < 1.29 is 18.9 Å². The highest BCUT2D eigenvalue weighted by atomic mass is 32.8. The number of ether oxygens (including phenoxy) is 1. The summed E-state index contributed by atoms with van der Waals surface area (Å²) >= 11 is 8.90. The summed E-state index contributed by atoms with van der Waals surface area (Å²) in [5.74, 6) is -0.154. The van der Waals surface area contributed by atoms with Crippen molar-refractivity contribution in [1.29, 1.82) is 0 Å². The van der Waals surface area contributed by atoms with Crippen LogP contribution in [0.15, 0.2) is 12.4 Å².